The van der Waals surface area contributed by atoms with E-state index >= 15 is 0 Å². The van der Waals surface area contributed by atoms with E-state index in [0.29, 0.717) is 18.8 Å². The van der Waals surface area contributed by atoms with Crippen molar-refractivity contribution in [2.24, 2.45) is 0 Å². The summed E-state index contributed by atoms with van der Waals surface area (Å²) in [6.07, 6.45) is 3.18. The second-order valence-electron chi connectivity index (χ2n) is 6.16. The van der Waals surface area contributed by atoms with Crippen LogP contribution in [0.3, 0.4) is 0 Å². The minimum atomic E-state index is -3.68. The highest BCUT2D eigenvalue weighted by molar-refractivity contribution is 7.92. The molecule has 1 fully saturated rings. The summed E-state index contributed by atoms with van der Waals surface area (Å²) in [5, 5.41) is 0. The molecule has 1 unspecified atom stereocenters. The molecule has 0 saturated heterocycles. The molecule has 1 aromatic carbocycles. The van der Waals surface area contributed by atoms with Crippen molar-refractivity contribution in [3.63, 3.8) is 0 Å². The molecule has 1 aromatic rings. The molecule has 1 N–H and O–H groups in total. The quantitative estimate of drug-likeness (QED) is 0.820. The van der Waals surface area contributed by atoms with Crippen molar-refractivity contribution in [1.29, 1.82) is 0 Å². The van der Waals surface area contributed by atoms with E-state index in [1.54, 1.807) is 12.1 Å². The highest BCUT2D eigenvalue weighted by atomic mass is 32.2. The molecule has 1 aliphatic carbocycles. The lowest BCUT2D eigenvalue weighted by atomic mass is 9.99. The second-order valence-corrected chi connectivity index (χ2v) is 10.3. The van der Waals surface area contributed by atoms with E-state index in [4.69, 9.17) is 0 Å². The Balaban J connectivity index is 2.11. The monoisotopic (exact) mass is 345 g/mol. The first kappa shape index (κ1) is 17.4. The van der Waals surface area contributed by atoms with Gasteiger partial charge in [-0.3, -0.25) is 0 Å². The summed E-state index contributed by atoms with van der Waals surface area (Å²) in [6, 6.07) is 6.77. The van der Waals surface area contributed by atoms with Crippen LogP contribution in [0, 0.1) is 0 Å². The maximum atomic E-state index is 12.3. The lowest BCUT2D eigenvalue weighted by Crippen LogP contribution is -2.38. The zero-order valence-corrected chi connectivity index (χ0v) is 14.8. The smallest absolute Gasteiger partial charge is 0.228 e. The third-order valence-corrected chi connectivity index (χ3v) is 8.09. The highest BCUT2D eigenvalue weighted by Crippen LogP contribution is 2.42. The molecule has 0 aromatic heterocycles. The molecule has 0 bridgehead atoms. The van der Waals surface area contributed by atoms with Gasteiger partial charge < -0.3 is 0 Å². The number of sulfonamides is 1. The van der Waals surface area contributed by atoms with Crippen LogP contribution in [0.5, 0.6) is 0 Å². The van der Waals surface area contributed by atoms with E-state index in [9.17, 15) is 16.8 Å². The Labute approximate surface area is 133 Å². The molecule has 0 aliphatic heterocycles. The van der Waals surface area contributed by atoms with E-state index < -0.39 is 24.6 Å². The lowest BCUT2D eigenvalue weighted by Gasteiger charge is -2.15. The summed E-state index contributed by atoms with van der Waals surface area (Å²) in [4.78, 5) is 0.170. The first-order valence-electron chi connectivity index (χ1n) is 7.40. The summed E-state index contributed by atoms with van der Waals surface area (Å²) >= 11 is 0. The van der Waals surface area contributed by atoms with Gasteiger partial charge in [-0.25, -0.2) is 21.6 Å². The van der Waals surface area contributed by atoms with Gasteiger partial charge in [-0.1, -0.05) is 26.0 Å². The Hall–Kier alpha value is -0.920. The summed E-state index contributed by atoms with van der Waals surface area (Å²) in [5.41, 5.74) is 1.09. The zero-order valence-electron chi connectivity index (χ0n) is 13.2. The summed E-state index contributed by atoms with van der Waals surface area (Å²) in [6.45, 7) is 4.11. The van der Waals surface area contributed by atoms with Crippen LogP contribution in [0.2, 0.25) is 0 Å². The van der Waals surface area contributed by atoms with E-state index in [2.05, 4.69) is 18.6 Å². The maximum Gasteiger partial charge on any atom is 0.240 e. The Morgan fingerprint density at radius 3 is 2.09 bits per heavy atom. The topological polar surface area (TPSA) is 80.3 Å². The minimum absolute atomic E-state index is 0.0543. The van der Waals surface area contributed by atoms with Crippen molar-refractivity contribution in [3.05, 3.63) is 29.8 Å². The normalized spacial score (nSPS) is 18.9. The Bertz CT molecular complexity index is 732. The van der Waals surface area contributed by atoms with Gasteiger partial charge in [-0.05, 0) is 42.9 Å². The minimum Gasteiger partial charge on any atom is -0.228 e. The van der Waals surface area contributed by atoms with E-state index in [1.807, 2.05) is 12.1 Å². The largest absolute Gasteiger partial charge is 0.240 e. The molecule has 0 amide bonds. The van der Waals surface area contributed by atoms with Crippen molar-refractivity contribution in [2.45, 2.75) is 48.7 Å². The van der Waals surface area contributed by atoms with Gasteiger partial charge in [-0.15, -0.1) is 0 Å². The third kappa shape index (κ3) is 3.52. The summed E-state index contributed by atoms with van der Waals surface area (Å²) in [5.74, 6) is 0.379. The van der Waals surface area contributed by atoms with Crippen molar-refractivity contribution >= 4 is 19.9 Å². The van der Waals surface area contributed by atoms with Crippen molar-refractivity contribution in [2.75, 3.05) is 12.8 Å². The van der Waals surface area contributed by atoms with E-state index in [1.165, 1.54) is 0 Å². The molecule has 7 heteroatoms. The molecular formula is C15H23NO4S2. The van der Waals surface area contributed by atoms with Gasteiger partial charge in [0.05, 0.1) is 9.64 Å². The molecule has 0 radical (unpaired) electrons. The van der Waals surface area contributed by atoms with Crippen molar-refractivity contribution in [3.8, 4) is 0 Å². The molecule has 1 atom stereocenters. The molecular weight excluding hydrogens is 322 g/mol. The fourth-order valence-corrected chi connectivity index (χ4v) is 4.74. The van der Waals surface area contributed by atoms with Crippen molar-refractivity contribution < 1.29 is 16.8 Å². The summed E-state index contributed by atoms with van der Waals surface area (Å²) < 4.78 is 49.5. The van der Waals surface area contributed by atoms with Crippen LogP contribution in [0.1, 0.15) is 44.6 Å². The average molecular weight is 345 g/mol. The van der Waals surface area contributed by atoms with E-state index in [-0.39, 0.29) is 11.4 Å². The Kier molecular flexibility index (Phi) is 4.71. The standard InChI is InChI=1S/C15H23NO4S2/c1-4-12(2)13-5-7-14(8-6-13)22(19,20)16-11-15(9-10-15)21(3,17)18/h5-8,12,16H,4,9-11H2,1-3H3. The third-order valence-electron chi connectivity index (χ3n) is 4.55. The number of hydrogen-bond acceptors (Lipinski definition) is 4. The molecule has 2 rings (SSSR count). The highest BCUT2D eigenvalue weighted by Gasteiger charge is 2.52. The number of rotatable bonds is 7. The lowest BCUT2D eigenvalue weighted by molar-refractivity contribution is 0.566. The van der Waals surface area contributed by atoms with Gasteiger partial charge in [0.15, 0.2) is 9.84 Å². The predicted molar refractivity (Wildman–Crippen MR) is 87.1 cm³/mol. The number of sulfone groups is 1. The molecule has 22 heavy (non-hydrogen) atoms. The molecule has 1 aliphatic rings. The summed E-state index contributed by atoms with van der Waals surface area (Å²) in [7, 11) is -6.92. The maximum absolute atomic E-state index is 12.3. The zero-order chi connectivity index (χ0) is 16.6. The van der Waals surface area contributed by atoms with Crippen LogP contribution in [0.25, 0.3) is 0 Å². The van der Waals surface area contributed by atoms with Crippen molar-refractivity contribution in [1.82, 2.24) is 4.72 Å². The van der Waals surface area contributed by atoms with Gasteiger partial charge in [-0.2, -0.15) is 0 Å². The first-order chi connectivity index (χ1) is 10.1. The van der Waals surface area contributed by atoms with Crippen LogP contribution in [0.4, 0.5) is 0 Å². The van der Waals surface area contributed by atoms with Crippen LogP contribution >= 0.6 is 0 Å². The first-order valence-corrected chi connectivity index (χ1v) is 10.8. The SMILES string of the molecule is CCC(C)c1ccc(S(=O)(=O)NCC2(S(C)(=O)=O)CC2)cc1. The number of nitrogens with one attached hydrogen (secondary N) is 1. The second kappa shape index (κ2) is 5.94. The fourth-order valence-electron chi connectivity index (χ4n) is 2.34. The van der Waals surface area contributed by atoms with Crippen LogP contribution < -0.4 is 4.72 Å². The molecule has 0 spiro atoms. The fraction of sp³-hybridized carbons (Fsp3) is 0.600. The Morgan fingerprint density at radius 2 is 1.68 bits per heavy atom. The predicted octanol–water partition coefficient (Wildman–Crippen LogP) is 2.06. The Morgan fingerprint density at radius 1 is 1.14 bits per heavy atom. The van der Waals surface area contributed by atoms with E-state index in [0.717, 1.165) is 18.2 Å². The molecule has 0 heterocycles. The van der Waals surface area contributed by atoms with Gasteiger partial charge >= 0.3 is 0 Å². The van der Waals surface area contributed by atoms with Crippen LogP contribution in [-0.2, 0) is 19.9 Å². The molecule has 124 valence electrons. The van der Waals surface area contributed by atoms with Crippen LogP contribution in [0.15, 0.2) is 29.2 Å². The van der Waals surface area contributed by atoms with Gasteiger partial charge in [0.25, 0.3) is 0 Å². The van der Waals surface area contributed by atoms with Gasteiger partial charge in [0.1, 0.15) is 0 Å². The molecule has 5 nitrogen and oxygen atoms in total. The van der Waals surface area contributed by atoms with Crippen LogP contribution in [-0.4, -0.2) is 34.4 Å². The number of benzene rings is 1. The number of hydrogen-bond donors (Lipinski definition) is 1. The molecule has 1 saturated carbocycles. The van der Waals surface area contributed by atoms with Gasteiger partial charge in [0.2, 0.25) is 10.0 Å². The average Bonchev–Trinajstić information content (AvgIpc) is 3.25. The van der Waals surface area contributed by atoms with Gasteiger partial charge in [0, 0.05) is 12.8 Å².